The molecule has 0 saturated carbocycles. The molecule has 2 heterocycles. The molecule has 0 bridgehead atoms. The summed E-state index contributed by atoms with van der Waals surface area (Å²) in [6.45, 7) is 3.55. The predicted molar refractivity (Wildman–Crippen MR) is 104 cm³/mol. The van der Waals surface area contributed by atoms with Gasteiger partial charge >= 0.3 is 0 Å². The zero-order valence-corrected chi connectivity index (χ0v) is 14.6. The Balaban J connectivity index is 1.32. The largest absolute Gasteiger partial charge is 0.492 e. The van der Waals surface area contributed by atoms with Crippen LogP contribution in [0.2, 0.25) is 0 Å². The zero-order chi connectivity index (χ0) is 17.8. The van der Waals surface area contributed by atoms with Crippen molar-refractivity contribution in [1.82, 2.24) is 9.88 Å². The molecule has 4 heteroatoms. The Bertz CT molecular complexity index is 963. The first-order chi connectivity index (χ1) is 12.8. The standard InChI is InChI=1S/C22H21N3O/c23-15-17-5-7-19(8-6-17)26-14-13-25-11-9-18(10-12-25)21-16-24-22-4-2-1-3-20(21)22/h1-9,16,24H,10-14H2. The van der Waals surface area contributed by atoms with Crippen molar-refractivity contribution < 1.29 is 4.74 Å². The molecule has 1 N–H and O–H groups in total. The van der Waals surface area contributed by atoms with E-state index in [0.717, 1.165) is 31.8 Å². The molecule has 2 aromatic carbocycles. The summed E-state index contributed by atoms with van der Waals surface area (Å²) in [5.41, 5.74) is 4.60. The second kappa shape index (κ2) is 7.47. The normalized spacial score (nSPS) is 14.8. The number of fused-ring (bicyclic) bond motifs is 1. The molecular weight excluding hydrogens is 322 g/mol. The Morgan fingerprint density at radius 3 is 2.73 bits per heavy atom. The molecule has 0 unspecified atom stereocenters. The van der Waals surface area contributed by atoms with Gasteiger partial charge in [0.2, 0.25) is 0 Å². The molecule has 1 aliphatic rings. The Hall–Kier alpha value is -3.03. The second-order valence-corrected chi connectivity index (χ2v) is 6.51. The number of H-pyrrole nitrogens is 1. The first kappa shape index (κ1) is 16.4. The number of nitrogens with one attached hydrogen (secondary N) is 1. The van der Waals surface area contributed by atoms with Crippen LogP contribution in [-0.2, 0) is 0 Å². The van der Waals surface area contributed by atoms with E-state index in [0.29, 0.717) is 12.2 Å². The molecule has 1 aliphatic heterocycles. The summed E-state index contributed by atoms with van der Waals surface area (Å²) in [6.07, 6.45) is 5.51. The number of para-hydroxylation sites is 1. The lowest BCUT2D eigenvalue weighted by Crippen LogP contribution is -2.32. The van der Waals surface area contributed by atoms with Crippen LogP contribution in [0.25, 0.3) is 16.5 Å². The topological polar surface area (TPSA) is 52.0 Å². The Kier molecular flexibility index (Phi) is 4.72. The van der Waals surface area contributed by atoms with Crippen molar-refractivity contribution in [2.24, 2.45) is 0 Å². The number of aromatic nitrogens is 1. The van der Waals surface area contributed by atoms with Crippen LogP contribution in [0.4, 0.5) is 0 Å². The summed E-state index contributed by atoms with van der Waals surface area (Å²) in [4.78, 5) is 5.77. The minimum atomic E-state index is 0.655. The van der Waals surface area contributed by atoms with Crippen molar-refractivity contribution >= 4 is 16.5 Å². The number of benzene rings is 2. The molecule has 4 rings (SSSR count). The highest BCUT2D eigenvalue weighted by Gasteiger charge is 2.15. The molecule has 0 aliphatic carbocycles. The molecule has 3 aromatic rings. The number of rotatable bonds is 5. The van der Waals surface area contributed by atoms with Gasteiger partial charge in [0, 0.05) is 42.3 Å². The third-order valence-electron chi connectivity index (χ3n) is 4.89. The van der Waals surface area contributed by atoms with E-state index >= 15 is 0 Å². The van der Waals surface area contributed by atoms with E-state index < -0.39 is 0 Å². The van der Waals surface area contributed by atoms with E-state index in [1.165, 1.54) is 22.0 Å². The lowest BCUT2D eigenvalue weighted by atomic mass is 9.99. The average Bonchev–Trinajstić information content (AvgIpc) is 3.13. The summed E-state index contributed by atoms with van der Waals surface area (Å²) in [7, 11) is 0. The lowest BCUT2D eigenvalue weighted by molar-refractivity contribution is 0.222. The van der Waals surface area contributed by atoms with Crippen molar-refractivity contribution in [2.75, 3.05) is 26.2 Å². The molecular formula is C22H21N3O. The van der Waals surface area contributed by atoms with Gasteiger partial charge in [-0.2, -0.15) is 5.26 Å². The third kappa shape index (κ3) is 3.49. The van der Waals surface area contributed by atoms with Gasteiger partial charge in [-0.25, -0.2) is 0 Å². The van der Waals surface area contributed by atoms with Crippen molar-refractivity contribution in [3.8, 4) is 11.8 Å². The average molecular weight is 343 g/mol. The Morgan fingerprint density at radius 2 is 1.96 bits per heavy atom. The molecule has 1 aromatic heterocycles. The Morgan fingerprint density at radius 1 is 1.12 bits per heavy atom. The fourth-order valence-corrected chi connectivity index (χ4v) is 3.41. The van der Waals surface area contributed by atoms with Gasteiger partial charge < -0.3 is 9.72 Å². The summed E-state index contributed by atoms with van der Waals surface area (Å²) in [5.74, 6) is 0.816. The molecule has 0 atom stereocenters. The van der Waals surface area contributed by atoms with E-state index in [4.69, 9.17) is 10.00 Å². The summed E-state index contributed by atoms with van der Waals surface area (Å²) in [6, 6.07) is 17.8. The Labute approximate surface area is 153 Å². The predicted octanol–water partition coefficient (Wildman–Crippen LogP) is 4.21. The van der Waals surface area contributed by atoms with Crippen LogP contribution < -0.4 is 4.74 Å². The van der Waals surface area contributed by atoms with Gasteiger partial charge in [0.1, 0.15) is 12.4 Å². The highest BCUT2D eigenvalue weighted by molar-refractivity contribution is 5.92. The molecule has 0 amide bonds. The molecule has 0 spiro atoms. The lowest BCUT2D eigenvalue weighted by Gasteiger charge is -2.26. The first-order valence-electron chi connectivity index (χ1n) is 8.94. The molecule has 0 saturated heterocycles. The SMILES string of the molecule is N#Cc1ccc(OCCN2CC=C(c3c[nH]c4ccccc34)CC2)cc1. The first-order valence-corrected chi connectivity index (χ1v) is 8.94. The number of nitriles is 1. The monoisotopic (exact) mass is 343 g/mol. The fraction of sp³-hybridized carbons (Fsp3) is 0.227. The molecule has 4 nitrogen and oxygen atoms in total. The summed E-state index contributed by atoms with van der Waals surface area (Å²) < 4.78 is 5.79. The molecule has 130 valence electrons. The zero-order valence-electron chi connectivity index (χ0n) is 14.6. The van der Waals surface area contributed by atoms with E-state index in [1.54, 1.807) is 12.1 Å². The maximum absolute atomic E-state index is 8.82. The van der Waals surface area contributed by atoms with Gasteiger partial charge in [0.15, 0.2) is 0 Å². The minimum Gasteiger partial charge on any atom is -0.492 e. The van der Waals surface area contributed by atoms with Crippen molar-refractivity contribution in [3.63, 3.8) is 0 Å². The smallest absolute Gasteiger partial charge is 0.119 e. The van der Waals surface area contributed by atoms with Crippen LogP contribution in [0.3, 0.4) is 0 Å². The van der Waals surface area contributed by atoms with Gasteiger partial charge in [-0.1, -0.05) is 24.3 Å². The molecule has 26 heavy (non-hydrogen) atoms. The van der Waals surface area contributed by atoms with E-state index in [9.17, 15) is 0 Å². The van der Waals surface area contributed by atoms with E-state index in [1.807, 2.05) is 12.1 Å². The summed E-state index contributed by atoms with van der Waals surface area (Å²) in [5, 5.41) is 10.1. The van der Waals surface area contributed by atoms with Gasteiger partial charge in [0.25, 0.3) is 0 Å². The number of nitrogens with zero attached hydrogens (tertiary/aromatic N) is 2. The number of hydrogen-bond donors (Lipinski definition) is 1. The van der Waals surface area contributed by atoms with Crippen LogP contribution in [0, 0.1) is 11.3 Å². The quantitative estimate of drug-likeness (QED) is 0.755. The molecule has 0 radical (unpaired) electrons. The minimum absolute atomic E-state index is 0.655. The van der Waals surface area contributed by atoms with Crippen molar-refractivity contribution in [2.45, 2.75) is 6.42 Å². The van der Waals surface area contributed by atoms with Gasteiger partial charge in [-0.15, -0.1) is 0 Å². The summed E-state index contributed by atoms with van der Waals surface area (Å²) >= 11 is 0. The van der Waals surface area contributed by atoms with Crippen molar-refractivity contribution in [1.29, 1.82) is 5.26 Å². The van der Waals surface area contributed by atoms with Gasteiger partial charge in [-0.3, -0.25) is 4.90 Å². The van der Waals surface area contributed by atoms with Gasteiger partial charge in [0.05, 0.1) is 11.6 Å². The van der Waals surface area contributed by atoms with Crippen LogP contribution >= 0.6 is 0 Å². The van der Waals surface area contributed by atoms with E-state index in [2.05, 4.69) is 52.5 Å². The van der Waals surface area contributed by atoms with Crippen LogP contribution in [-0.4, -0.2) is 36.1 Å². The fourth-order valence-electron chi connectivity index (χ4n) is 3.41. The van der Waals surface area contributed by atoms with Crippen LogP contribution in [0.5, 0.6) is 5.75 Å². The highest BCUT2D eigenvalue weighted by atomic mass is 16.5. The van der Waals surface area contributed by atoms with Crippen LogP contribution in [0.1, 0.15) is 17.5 Å². The highest BCUT2D eigenvalue weighted by Crippen LogP contribution is 2.29. The number of aromatic amines is 1. The maximum Gasteiger partial charge on any atom is 0.119 e. The molecule has 0 fully saturated rings. The van der Waals surface area contributed by atoms with Crippen LogP contribution in [0.15, 0.2) is 60.8 Å². The number of ether oxygens (including phenoxy) is 1. The van der Waals surface area contributed by atoms with Crippen molar-refractivity contribution in [3.05, 3.63) is 71.9 Å². The van der Waals surface area contributed by atoms with Gasteiger partial charge in [-0.05, 0) is 42.3 Å². The maximum atomic E-state index is 8.82. The van der Waals surface area contributed by atoms with E-state index in [-0.39, 0.29) is 0 Å². The second-order valence-electron chi connectivity index (χ2n) is 6.51. The number of hydrogen-bond acceptors (Lipinski definition) is 3. The third-order valence-corrected chi connectivity index (χ3v) is 4.89.